The van der Waals surface area contributed by atoms with Gasteiger partial charge in [0.1, 0.15) is 0 Å². The summed E-state index contributed by atoms with van der Waals surface area (Å²) in [6.07, 6.45) is 0. The summed E-state index contributed by atoms with van der Waals surface area (Å²) in [6, 6.07) is 10.6. The van der Waals surface area contributed by atoms with E-state index < -0.39 is 0 Å². The first-order chi connectivity index (χ1) is 7.77. The summed E-state index contributed by atoms with van der Waals surface area (Å²) in [6.45, 7) is 3.27. The second-order valence-electron chi connectivity index (χ2n) is 3.91. The molecular weight excluding hydrogens is 236 g/mol. The number of thioether (sulfide) groups is 1. The molecule has 0 bridgehead atoms. The highest BCUT2D eigenvalue weighted by atomic mass is 32.2. The molecule has 1 aliphatic rings. The topological polar surface area (TPSA) is 15.3 Å². The second-order valence-corrected chi connectivity index (χ2v) is 5.45. The van der Waals surface area contributed by atoms with Gasteiger partial charge in [-0.15, -0.1) is 0 Å². The van der Waals surface area contributed by atoms with Crippen molar-refractivity contribution in [1.82, 2.24) is 4.90 Å². The largest absolute Gasteiger partial charge is 0.345 e. The Morgan fingerprint density at radius 2 is 2.19 bits per heavy atom. The molecule has 1 fully saturated rings. The molecule has 2 nitrogen and oxygen atoms in total. The number of thiocarbonyl (C=S) groups is 1. The van der Waals surface area contributed by atoms with Crippen molar-refractivity contribution in [3.63, 3.8) is 0 Å². The van der Waals surface area contributed by atoms with E-state index >= 15 is 0 Å². The van der Waals surface area contributed by atoms with Crippen molar-refractivity contribution in [3.8, 4) is 0 Å². The summed E-state index contributed by atoms with van der Waals surface area (Å²) in [5.74, 6) is 2.33. The van der Waals surface area contributed by atoms with Crippen LogP contribution in [0.1, 0.15) is 6.92 Å². The maximum atomic E-state index is 5.44. The molecule has 86 valence electrons. The van der Waals surface area contributed by atoms with Crippen molar-refractivity contribution < 1.29 is 0 Å². The minimum absolute atomic E-state index is 0.530. The summed E-state index contributed by atoms with van der Waals surface area (Å²) in [5, 5.41) is 4.14. The van der Waals surface area contributed by atoms with Crippen molar-refractivity contribution in [3.05, 3.63) is 30.3 Å². The number of rotatable bonds is 1. The third-order valence-corrected chi connectivity index (χ3v) is 4.18. The van der Waals surface area contributed by atoms with Crippen molar-refractivity contribution in [2.45, 2.75) is 13.0 Å². The van der Waals surface area contributed by atoms with Gasteiger partial charge in [-0.25, -0.2) is 0 Å². The Balaban J connectivity index is 1.97. The molecule has 1 aromatic carbocycles. The van der Waals surface area contributed by atoms with Crippen LogP contribution in [0.15, 0.2) is 30.3 Å². The van der Waals surface area contributed by atoms with Gasteiger partial charge < -0.3 is 10.2 Å². The Bertz CT molecular complexity index is 353. The number of anilines is 1. The molecule has 1 N–H and O–H groups in total. The molecule has 1 aliphatic heterocycles. The molecule has 1 heterocycles. The van der Waals surface area contributed by atoms with E-state index in [0.29, 0.717) is 6.04 Å². The minimum Gasteiger partial charge on any atom is -0.345 e. The van der Waals surface area contributed by atoms with Gasteiger partial charge in [0.2, 0.25) is 0 Å². The lowest BCUT2D eigenvalue weighted by molar-refractivity contribution is 0.370. The summed E-state index contributed by atoms with van der Waals surface area (Å²) < 4.78 is 0. The van der Waals surface area contributed by atoms with E-state index in [2.05, 4.69) is 17.1 Å². The van der Waals surface area contributed by atoms with E-state index in [0.717, 1.165) is 23.1 Å². The van der Waals surface area contributed by atoms with Gasteiger partial charge in [0.25, 0.3) is 0 Å². The first-order valence-corrected chi connectivity index (χ1v) is 7.04. The van der Waals surface area contributed by atoms with E-state index in [9.17, 15) is 0 Å². The molecule has 1 unspecified atom stereocenters. The van der Waals surface area contributed by atoms with E-state index in [4.69, 9.17) is 12.2 Å². The molecule has 0 saturated carbocycles. The molecular formula is C12H16N2S2. The van der Waals surface area contributed by atoms with Gasteiger partial charge in [0, 0.05) is 29.8 Å². The molecule has 2 rings (SSSR count). The lowest BCUT2D eigenvalue weighted by Gasteiger charge is -2.35. The maximum Gasteiger partial charge on any atom is 0.173 e. The highest BCUT2D eigenvalue weighted by Gasteiger charge is 2.20. The first kappa shape index (κ1) is 11.7. The minimum atomic E-state index is 0.530. The zero-order valence-corrected chi connectivity index (χ0v) is 11.0. The smallest absolute Gasteiger partial charge is 0.173 e. The van der Waals surface area contributed by atoms with Gasteiger partial charge in [-0.1, -0.05) is 18.2 Å². The lowest BCUT2D eigenvalue weighted by atomic mass is 10.3. The average molecular weight is 252 g/mol. The summed E-state index contributed by atoms with van der Waals surface area (Å²) in [5.41, 5.74) is 1.07. The number of benzene rings is 1. The molecule has 0 amide bonds. The van der Waals surface area contributed by atoms with Gasteiger partial charge in [0.05, 0.1) is 0 Å². The fourth-order valence-corrected chi connectivity index (χ4v) is 3.15. The SMILES string of the molecule is CC1CSCCN1C(=S)Nc1ccccc1. The van der Waals surface area contributed by atoms with Gasteiger partial charge in [-0.2, -0.15) is 11.8 Å². The second kappa shape index (κ2) is 5.55. The predicted molar refractivity (Wildman–Crippen MR) is 76.2 cm³/mol. The Morgan fingerprint density at radius 3 is 2.88 bits per heavy atom. The van der Waals surface area contributed by atoms with E-state index in [1.165, 1.54) is 5.75 Å². The standard InChI is InChI=1S/C12H16N2S2/c1-10-9-16-8-7-14(10)12(15)13-11-5-3-2-4-6-11/h2-6,10H,7-9H2,1H3,(H,13,15). The Kier molecular flexibility index (Phi) is 4.07. The number of hydrogen-bond donors (Lipinski definition) is 1. The van der Waals surface area contributed by atoms with E-state index in [1.54, 1.807) is 0 Å². The average Bonchev–Trinajstić information content (AvgIpc) is 2.31. The fraction of sp³-hybridized carbons (Fsp3) is 0.417. The van der Waals surface area contributed by atoms with Crippen molar-refractivity contribution in [1.29, 1.82) is 0 Å². The van der Waals surface area contributed by atoms with Crippen LogP contribution in [0.25, 0.3) is 0 Å². The Hall–Kier alpha value is -0.740. The van der Waals surface area contributed by atoms with Gasteiger partial charge >= 0.3 is 0 Å². The van der Waals surface area contributed by atoms with Crippen LogP contribution >= 0.6 is 24.0 Å². The van der Waals surface area contributed by atoms with Crippen LogP contribution in [0, 0.1) is 0 Å². The van der Waals surface area contributed by atoms with E-state index in [1.807, 2.05) is 42.1 Å². The predicted octanol–water partition coefficient (Wildman–Crippen LogP) is 2.82. The normalized spacial score (nSPS) is 20.6. The number of para-hydroxylation sites is 1. The zero-order chi connectivity index (χ0) is 11.4. The maximum absolute atomic E-state index is 5.44. The van der Waals surface area contributed by atoms with Crippen molar-refractivity contribution in [2.24, 2.45) is 0 Å². The van der Waals surface area contributed by atoms with Crippen LogP contribution in [0.4, 0.5) is 5.69 Å². The Labute approximate surface area is 106 Å². The summed E-state index contributed by atoms with van der Waals surface area (Å²) in [4.78, 5) is 2.28. The summed E-state index contributed by atoms with van der Waals surface area (Å²) >= 11 is 7.44. The molecule has 0 aromatic heterocycles. The van der Waals surface area contributed by atoms with Gasteiger partial charge in [-0.05, 0) is 31.3 Å². The van der Waals surface area contributed by atoms with Gasteiger partial charge in [-0.3, -0.25) is 0 Å². The first-order valence-electron chi connectivity index (χ1n) is 5.48. The van der Waals surface area contributed by atoms with Crippen LogP contribution in [0.5, 0.6) is 0 Å². The zero-order valence-electron chi connectivity index (χ0n) is 9.35. The molecule has 16 heavy (non-hydrogen) atoms. The molecule has 0 radical (unpaired) electrons. The van der Waals surface area contributed by atoms with Crippen molar-refractivity contribution in [2.75, 3.05) is 23.4 Å². The monoisotopic (exact) mass is 252 g/mol. The molecule has 0 spiro atoms. The van der Waals surface area contributed by atoms with Crippen LogP contribution in [0.2, 0.25) is 0 Å². The molecule has 1 atom stereocenters. The number of nitrogens with one attached hydrogen (secondary N) is 1. The van der Waals surface area contributed by atoms with Crippen LogP contribution < -0.4 is 5.32 Å². The number of nitrogens with zero attached hydrogens (tertiary/aromatic N) is 1. The molecule has 4 heteroatoms. The van der Waals surface area contributed by atoms with Crippen LogP contribution in [-0.2, 0) is 0 Å². The number of hydrogen-bond acceptors (Lipinski definition) is 2. The highest BCUT2D eigenvalue weighted by molar-refractivity contribution is 7.99. The van der Waals surface area contributed by atoms with Gasteiger partial charge in [0.15, 0.2) is 5.11 Å². The highest BCUT2D eigenvalue weighted by Crippen LogP contribution is 2.17. The van der Waals surface area contributed by atoms with Crippen LogP contribution in [-0.4, -0.2) is 34.1 Å². The fourth-order valence-electron chi connectivity index (χ4n) is 1.75. The molecule has 0 aliphatic carbocycles. The quantitative estimate of drug-likeness (QED) is 0.773. The van der Waals surface area contributed by atoms with E-state index in [-0.39, 0.29) is 0 Å². The third-order valence-electron chi connectivity index (χ3n) is 2.65. The van der Waals surface area contributed by atoms with Crippen molar-refractivity contribution >= 4 is 34.8 Å². The van der Waals surface area contributed by atoms with Crippen LogP contribution in [0.3, 0.4) is 0 Å². The lowest BCUT2D eigenvalue weighted by Crippen LogP contribution is -2.46. The molecule has 1 saturated heterocycles. The third kappa shape index (κ3) is 2.89. The Morgan fingerprint density at radius 1 is 1.44 bits per heavy atom. The summed E-state index contributed by atoms with van der Waals surface area (Å²) in [7, 11) is 0. The molecule has 1 aromatic rings.